The second kappa shape index (κ2) is 4.18. The Morgan fingerprint density at radius 1 is 1.27 bits per heavy atom. The van der Waals surface area contributed by atoms with E-state index in [-0.39, 0.29) is 12.1 Å². The van der Waals surface area contributed by atoms with Gasteiger partial charge in [0.1, 0.15) is 0 Å². The first-order chi connectivity index (χ1) is 7.20. The average molecular weight is 213 g/mol. The molecule has 2 fully saturated rings. The van der Waals surface area contributed by atoms with Crippen LogP contribution in [0.15, 0.2) is 0 Å². The van der Waals surface area contributed by atoms with Gasteiger partial charge in [0.05, 0.1) is 12.1 Å². The molecular formula is C10H15NO4. The van der Waals surface area contributed by atoms with Crippen LogP contribution in [0.4, 0.5) is 0 Å². The Morgan fingerprint density at radius 2 is 2.07 bits per heavy atom. The molecule has 2 aliphatic rings. The number of carboxylic acid groups (broad SMARTS) is 1. The molecule has 0 bridgehead atoms. The highest BCUT2D eigenvalue weighted by Gasteiger charge is 2.38. The fourth-order valence-electron chi connectivity index (χ4n) is 2.46. The number of hydrogen-bond acceptors (Lipinski definition) is 3. The van der Waals surface area contributed by atoms with E-state index in [1.54, 1.807) is 0 Å². The lowest BCUT2D eigenvalue weighted by molar-refractivity contribution is -0.157. The van der Waals surface area contributed by atoms with E-state index in [0.717, 1.165) is 32.3 Å². The maximum Gasteiger partial charge on any atom is 0.394 e. The summed E-state index contributed by atoms with van der Waals surface area (Å²) in [5.41, 5.74) is 0. The summed E-state index contributed by atoms with van der Waals surface area (Å²) in [5, 5.41) is 8.67. The van der Waals surface area contributed by atoms with E-state index in [9.17, 15) is 9.59 Å². The smallest absolute Gasteiger partial charge is 0.394 e. The second-order valence-corrected chi connectivity index (χ2v) is 4.06. The summed E-state index contributed by atoms with van der Waals surface area (Å²) in [6.45, 7) is 1.28. The number of likely N-dealkylation sites (tertiary alicyclic amines) is 1. The first-order valence-corrected chi connectivity index (χ1v) is 5.35. The van der Waals surface area contributed by atoms with E-state index in [4.69, 9.17) is 9.84 Å². The number of amides is 1. The Labute approximate surface area is 88.0 Å². The van der Waals surface area contributed by atoms with Gasteiger partial charge in [-0.1, -0.05) is 0 Å². The molecule has 1 amide bonds. The van der Waals surface area contributed by atoms with Gasteiger partial charge in [0.15, 0.2) is 0 Å². The molecule has 2 heterocycles. The topological polar surface area (TPSA) is 66.8 Å². The van der Waals surface area contributed by atoms with Crippen molar-refractivity contribution in [2.45, 2.75) is 37.8 Å². The largest absolute Gasteiger partial charge is 0.474 e. The minimum absolute atomic E-state index is 0.0175. The Kier molecular flexibility index (Phi) is 2.90. The van der Waals surface area contributed by atoms with E-state index >= 15 is 0 Å². The number of nitrogens with zero attached hydrogens (tertiary/aromatic N) is 1. The van der Waals surface area contributed by atoms with Crippen LogP contribution in [-0.2, 0) is 14.3 Å². The highest BCUT2D eigenvalue weighted by atomic mass is 16.5. The van der Waals surface area contributed by atoms with Crippen molar-refractivity contribution in [3.63, 3.8) is 0 Å². The van der Waals surface area contributed by atoms with Crippen LogP contribution in [0, 0.1) is 0 Å². The van der Waals surface area contributed by atoms with Crippen molar-refractivity contribution in [1.29, 1.82) is 0 Å². The van der Waals surface area contributed by atoms with E-state index in [0.29, 0.717) is 6.54 Å². The summed E-state index contributed by atoms with van der Waals surface area (Å²) >= 11 is 0. The molecule has 2 atom stereocenters. The van der Waals surface area contributed by atoms with Crippen LogP contribution >= 0.6 is 0 Å². The van der Waals surface area contributed by atoms with Gasteiger partial charge in [-0.2, -0.15) is 0 Å². The van der Waals surface area contributed by atoms with E-state index in [2.05, 4.69) is 0 Å². The van der Waals surface area contributed by atoms with Crippen LogP contribution in [0.25, 0.3) is 0 Å². The highest BCUT2D eigenvalue weighted by Crippen LogP contribution is 2.27. The zero-order chi connectivity index (χ0) is 10.8. The van der Waals surface area contributed by atoms with Crippen LogP contribution in [0.5, 0.6) is 0 Å². The lowest BCUT2D eigenvalue weighted by Gasteiger charge is -2.27. The summed E-state index contributed by atoms with van der Waals surface area (Å²) in [6.07, 6.45) is 3.74. The van der Waals surface area contributed by atoms with Crippen molar-refractivity contribution in [3.8, 4) is 0 Å². The maximum absolute atomic E-state index is 11.4. The monoisotopic (exact) mass is 213 g/mol. The van der Waals surface area contributed by atoms with Crippen LogP contribution in [-0.4, -0.2) is 47.2 Å². The van der Waals surface area contributed by atoms with Crippen molar-refractivity contribution in [3.05, 3.63) is 0 Å². The summed E-state index contributed by atoms with van der Waals surface area (Å²) in [7, 11) is 0. The lowest BCUT2D eigenvalue weighted by Crippen LogP contribution is -2.45. The lowest BCUT2D eigenvalue weighted by atomic mass is 10.1. The first kappa shape index (κ1) is 10.4. The molecule has 2 unspecified atom stereocenters. The third kappa shape index (κ3) is 1.97. The predicted molar refractivity (Wildman–Crippen MR) is 51.3 cm³/mol. The molecule has 2 aliphatic heterocycles. The van der Waals surface area contributed by atoms with Gasteiger partial charge >= 0.3 is 11.9 Å². The van der Waals surface area contributed by atoms with Gasteiger partial charge in [-0.25, -0.2) is 4.79 Å². The van der Waals surface area contributed by atoms with Gasteiger partial charge in [-0.05, 0) is 25.7 Å². The first-order valence-electron chi connectivity index (χ1n) is 5.35. The number of carbonyl (C=O) groups is 2. The number of rotatable bonds is 1. The van der Waals surface area contributed by atoms with Crippen LogP contribution in [0.2, 0.25) is 0 Å². The highest BCUT2D eigenvalue weighted by molar-refractivity contribution is 6.31. The van der Waals surface area contributed by atoms with Gasteiger partial charge in [-0.15, -0.1) is 0 Å². The zero-order valence-corrected chi connectivity index (χ0v) is 8.52. The van der Waals surface area contributed by atoms with Gasteiger partial charge in [-0.3, -0.25) is 4.79 Å². The fourth-order valence-corrected chi connectivity index (χ4v) is 2.46. The molecule has 84 valence electrons. The molecule has 5 heteroatoms. The Balaban J connectivity index is 2.04. The molecule has 15 heavy (non-hydrogen) atoms. The number of ether oxygens (including phenoxy) is 1. The van der Waals surface area contributed by atoms with Crippen LogP contribution in [0.1, 0.15) is 25.7 Å². The van der Waals surface area contributed by atoms with E-state index in [1.807, 2.05) is 0 Å². The molecule has 0 spiro atoms. The molecule has 0 aromatic carbocycles. The van der Waals surface area contributed by atoms with Crippen LogP contribution in [0.3, 0.4) is 0 Å². The zero-order valence-electron chi connectivity index (χ0n) is 8.52. The quantitative estimate of drug-likeness (QED) is 0.634. The summed E-state index contributed by atoms with van der Waals surface area (Å²) in [5.74, 6) is -2.15. The number of carbonyl (C=O) groups excluding carboxylic acids is 1. The minimum Gasteiger partial charge on any atom is -0.474 e. The van der Waals surface area contributed by atoms with E-state index < -0.39 is 11.9 Å². The molecule has 1 N–H and O–H groups in total. The van der Waals surface area contributed by atoms with Gasteiger partial charge in [0.2, 0.25) is 0 Å². The third-order valence-electron chi connectivity index (χ3n) is 3.14. The SMILES string of the molecule is O=C(O)C(=O)N1CCCC1C1CCCO1. The number of hydrogen-bond donors (Lipinski definition) is 1. The maximum atomic E-state index is 11.4. The van der Waals surface area contributed by atoms with Crippen molar-refractivity contribution in [2.24, 2.45) is 0 Å². The summed E-state index contributed by atoms with van der Waals surface area (Å²) < 4.78 is 5.51. The molecule has 2 saturated heterocycles. The van der Waals surface area contributed by atoms with E-state index in [1.165, 1.54) is 4.90 Å². The predicted octanol–water partition coefficient (Wildman–Crippen LogP) is 0.241. The minimum atomic E-state index is -1.36. The molecule has 0 saturated carbocycles. The molecule has 5 nitrogen and oxygen atoms in total. The molecule has 0 radical (unpaired) electrons. The number of aliphatic carboxylic acids is 1. The van der Waals surface area contributed by atoms with Crippen molar-refractivity contribution in [2.75, 3.05) is 13.2 Å². The third-order valence-corrected chi connectivity index (χ3v) is 3.14. The molecule has 0 aliphatic carbocycles. The average Bonchev–Trinajstić information content (AvgIpc) is 2.86. The number of carboxylic acids is 1. The van der Waals surface area contributed by atoms with Gasteiger partial charge in [0.25, 0.3) is 0 Å². The fraction of sp³-hybridized carbons (Fsp3) is 0.800. The van der Waals surface area contributed by atoms with Crippen LogP contribution < -0.4 is 0 Å². The Hall–Kier alpha value is -1.10. The standard InChI is InChI=1S/C10H15NO4/c12-9(10(13)14)11-5-1-3-7(11)8-4-2-6-15-8/h7-8H,1-6H2,(H,13,14). The van der Waals surface area contributed by atoms with Gasteiger partial charge in [0, 0.05) is 13.2 Å². The Bertz CT molecular complexity index is 273. The second-order valence-electron chi connectivity index (χ2n) is 4.06. The normalized spacial score (nSPS) is 30.8. The van der Waals surface area contributed by atoms with Crippen molar-refractivity contribution >= 4 is 11.9 Å². The molecule has 0 aromatic heterocycles. The summed E-state index contributed by atoms with van der Waals surface area (Å²) in [4.78, 5) is 23.5. The van der Waals surface area contributed by atoms with Crippen molar-refractivity contribution < 1.29 is 19.4 Å². The summed E-state index contributed by atoms with van der Waals surface area (Å²) in [6, 6.07) is -0.0175. The Morgan fingerprint density at radius 3 is 2.67 bits per heavy atom. The van der Waals surface area contributed by atoms with Crippen molar-refractivity contribution in [1.82, 2.24) is 4.90 Å². The van der Waals surface area contributed by atoms with Gasteiger partial charge < -0.3 is 14.7 Å². The molecule has 2 rings (SSSR count). The molecule has 0 aromatic rings. The molecular weight excluding hydrogens is 198 g/mol.